The maximum atomic E-state index is 15.6. The van der Waals surface area contributed by atoms with E-state index in [0.29, 0.717) is 46.7 Å². The van der Waals surface area contributed by atoms with Gasteiger partial charge in [-0.25, -0.2) is 9.37 Å². The SMILES string of the molecule is CN(c1ccccc1Nc1nc(Nc2ccc(N3CCC(N4CCN(Cc5ccc6c(c5)C(=O)N(C5CCC(=O)NC5=O)C6=O)CC4)CC3)c(F)c2)ncc1Cl)[S+](C)[O-]. The van der Waals surface area contributed by atoms with Gasteiger partial charge in [0, 0.05) is 64.0 Å². The highest BCUT2D eigenvalue weighted by Crippen LogP contribution is 2.34. The van der Waals surface area contributed by atoms with Crippen molar-refractivity contribution in [2.24, 2.45) is 0 Å². The highest BCUT2D eigenvalue weighted by Gasteiger charge is 2.44. The minimum absolute atomic E-state index is 0.0798. The molecule has 8 rings (SSSR count). The molecule has 4 amide bonds. The van der Waals surface area contributed by atoms with E-state index >= 15 is 4.39 Å². The fraction of sp³-hybridized carbons (Fsp3) is 0.366. The van der Waals surface area contributed by atoms with Gasteiger partial charge in [-0.3, -0.25) is 39.2 Å². The number of carbonyl (C=O) groups excluding carboxylic acids is 4. The average Bonchev–Trinajstić information content (AvgIpc) is 3.47. The Labute approximate surface area is 349 Å². The zero-order valence-corrected chi connectivity index (χ0v) is 34.2. The van der Waals surface area contributed by atoms with Crippen LogP contribution in [-0.2, 0) is 27.5 Å². The van der Waals surface area contributed by atoms with Crippen molar-refractivity contribution >= 4 is 81.1 Å². The number of anilines is 6. The Hall–Kier alpha value is -5.33. The van der Waals surface area contributed by atoms with Crippen LogP contribution in [-0.4, -0.2) is 118 Å². The van der Waals surface area contributed by atoms with Gasteiger partial charge in [0.1, 0.15) is 28.8 Å². The zero-order chi connectivity index (χ0) is 41.4. The summed E-state index contributed by atoms with van der Waals surface area (Å²) in [6.45, 7) is 5.54. The van der Waals surface area contributed by atoms with Crippen LogP contribution in [0.3, 0.4) is 0 Å². The van der Waals surface area contributed by atoms with Crippen molar-refractivity contribution in [1.29, 1.82) is 0 Å². The first kappa shape index (κ1) is 40.4. The van der Waals surface area contributed by atoms with Crippen LogP contribution in [0.1, 0.15) is 52.0 Å². The van der Waals surface area contributed by atoms with Crippen LogP contribution in [0, 0.1) is 5.82 Å². The molecule has 0 saturated carbocycles. The van der Waals surface area contributed by atoms with Gasteiger partial charge in [-0.15, -0.1) is 0 Å². The number of hydrogen-bond donors (Lipinski definition) is 3. The number of para-hydroxylation sites is 2. The van der Waals surface area contributed by atoms with Crippen LogP contribution >= 0.6 is 11.6 Å². The molecule has 0 aliphatic carbocycles. The number of aromatic nitrogens is 2. The van der Waals surface area contributed by atoms with Crippen LogP contribution in [0.25, 0.3) is 0 Å². The molecule has 5 heterocycles. The Balaban J connectivity index is 0.820. The molecule has 3 fully saturated rings. The molecule has 3 N–H and O–H groups in total. The molecule has 2 atom stereocenters. The first-order valence-electron chi connectivity index (χ1n) is 19.5. The third-order valence-electron chi connectivity index (χ3n) is 11.5. The molecule has 4 aromatic rings. The third-order valence-corrected chi connectivity index (χ3v) is 12.7. The summed E-state index contributed by atoms with van der Waals surface area (Å²) < 4.78 is 29.4. The van der Waals surface area contributed by atoms with Gasteiger partial charge in [0.2, 0.25) is 17.8 Å². The van der Waals surface area contributed by atoms with Crippen LogP contribution in [0.4, 0.5) is 38.9 Å². The summed E-state index contributed by atoms with van der Waals surface area (Å²) >= 11 is 5.19. The maximum Gasteiger partial charge on any atom is 0.262 e. The Morgan fingerprint density at radius 2 is 1.68 bits per heavy atom. The van der Waals surface area contributed by atoms with Crippen molar-refractivity contribution in [3.05, 3.63) is 94.4 Å². The molecule has 18 heteroatoms. The highest BCUT2D eigenvalue weighted by atomic mass is 35.5. The number of benzene rings is 3. The van der Waals surface area contributed by atoms with Crippen molar-refractivity contribution in [3.8, 4) is 0 Å². The molecule has 4 aliphatic rings. The number of amides is 4. The summed E-state index contributed by atoms with van der Waals surface area (Å²) in [5.41, 5.74) is 3.89. The van der Waals surface area contributed by atoms with Crippen LogP contribution in [0.15, 0.2) is 66.9 Å². The van der Waals surface area contributed by atoms with E-state index in [1.807, 2.05) is 30.3 Å². The van der Waals surface area contributed by atoms with Crippen LogP contribution in [0.2, 0.25) is 5.02 Å². The molecular weight excluding hydrogens is 799 g/mol. The summed E-state index contributed by atoms with van der Waals surface area (Å²) in [5.74, 6) is -1.81. The first-order chi connectivity index (χ1) is 28.4. The minimum Gasteiger partial charge on any atom is -0.593 e. The lowest BCUT2D eigenvalue weighted by Gasteiger charge is -2.43. The molecule has 0 bridgehead atoms. The van der Waals surface area contributed by atoms with Gasteiger partial charge in [-0.1, -0.05) is 29.8 Å². The summed E-state index contributed by atoms with van der Waals surface area (Å²) in [4.78, 5) is 67.1. The second-order valence-electron chi connectivity index (χ2n) is 15.1. The van der Waals surface area contributed by atoms with Gasteiger partial charge in [-0.2, -0.15) is 9.29 Å². The largest absolute Gasteiger partial charge is 0.593 e. The van der Waals surface area contributed by atoms with E-state index < -0.39 is 41.0 Å². The molecule has 3 aromatic carbocycles. The van der Waals surface area contributed by atoms with Crippen molar-refractivity contribution in [1.82, 2.24) is 30.0 Å². The lowest BCUT2D eigenvalue weighted by Crippen LogP contribution is -2.54. The van der Waals surface area contributed by atoms with E-state index in [-0.39, 0.29) is 35.2 Å². The topological polar surface area (TPSA) is 169 Å². The molecule has 4 aliphatic heterocycles. The summed E-state index contributed by atoms with van der Waals surface area (Å²) in [7, 11) is 1.73. The van der Waals surface area contributed by atoms with Gasteiger partial charge in [0.25, 0.3) is 11.8 Å². The molecule has 1 aromatic heterocycles. The van der Waals surface area contributed by atoms with Crippen LogP contribution in [0.5, 0.6) is 0 Å². The van der Waals surface area contributed by atoms with Gasteiger partial charge in [0.15, 0.2) is 5.82 Å². The summed E-state index contributed by atoms with van der Waals surface area (Å²) in [5, 5.41) is 8.80. The van der Waals surface area contributed by atoms with Crippen LogP contribution < -0.4 is 25.2 Å². The Morgan fingerprint density at radius 3 is 2.41 bits per heavy atom. The average molecular weight is 843 g/mol. The monoisotopic (exact) mass is 842 g/mol. The van der Waals surface area contributed by atoms with E-state index in [4.69, 9.17) is 11.6 Å². The van der Waals surface area contributed by atoms with Gasteiger partial charge in [-0.05, 0) is 67.3 Å². The molecule has 2 unspecified atom stereocenters. The van der Waals surface area contributed by atoms with Crippen molar-refractivity contribution in [2.75, 3.05) is 72.4 Å². The lowest BCUT2D eigenvalue weighted by atomic mass is 10.0. The first-order valence-corrected chi connectivity index (χ1v) is 21.4. The highest BCUT2D eigenvalue weighted by molar-refractivity contribution is 7.92. The fourth-order valence-corrected chi connectivity index (χ4v) is 8.81. The lowest BCUT2D eigenvalue weighted by molar-refractivity contribution is -0.136. The fourth-order valence-electron chi connectivity index (χ4n) is 8.24. The van der Waals surface area contributed by atoms with Gasteiger partial charge < -0.3 is 20.1 Å². The molecule has 308 valence electrons. The number of piperazine rings is 1. The second-order valence-corrected chi connectivity index (χ2v) is 16.9. The van der Waals surface area contributed by atoms with Crippen molar-refractivity contribution in [3.63, 3.8) is 0 Å². The van der Waals surface area contributed by atoms with E-state index in [9.17, 15) is 23.7 Å². The van der Waals surface area contributed by atoms with Gasteiger partial charge >= 0.3 is 0 Å². The number of fused-ring (bicyclic) bond motifs is 1. The second kappa shape index (κ2) is 17.1. The normalized spacial score (nSPS) is 19.8. The zero-order valence-electron chi connectivity index (χ0n) is 32.6. The van der Waals surface area contributed by atoms with Crippen molar-refractivity contribution < 1.29 is 28.1 Å². The maximum absolute atomic E-state index is 15.6. The standard InChI is InChI=1S/C41H44ClFN10O5S/c1-49(59(2)58)34-6-4-3-5-32(34)46-37-30(42)23-44-41(48-37)45-26-8-10-33(31(43)22-26)52-15-13-27(14-16-52)51-19-17-50(18-20-51)24-25-7-9-28-29(21-25)40(57)53(39(28)56)35-11-12-36(54)47-38(35)55/h3-10,21-23,27,35H,11-20,24H2,1-2H3,(H,47,54,55)(H2,44,45,46,48). The number of nitrogens with one attached hydrogen (secondary N) is 3. The Kier molecular flexibility index (Phi) is 11.7. The summed E-state index contributed by atoms with van der Waals surface area (Å²) in [6, 6.07) is 17.1. The number of nitrogens with zero attached hydrogens (tertiary/aromatic N) is 7. The third kappa shape index (κ3) is 8.56. The number of hydrogen-bond acceptors (Lipinski definition) is 13. The quantitative estimate of drug-likeness (QED) is 0.141. The molecular formula is C41H44ClFN10O5S. The number of halogens is 2. The van der Waals surface area contributed by atoms with Crippen molar-refractivity contribution in [2.45, 2.75) is 44.3 Å². The number of carbonyl (C=O) groups is 4. The molecule has 15 nitrogen and oxygen atoms in total. The smallest absolute Gasteiger partial charge is 0.262 e. The Morgan fingerprint density at radius 1 is 0.932 bits per heavy atom. The van der Waals surface area contributed by atoms with E-state index in [2.05, 4.69) is 40.6 Å². The predicted molar refractivity (Wildman–Crippen MR) is 224 cm³/mol. The molecule has 0 radical (unpaired) electrons. The van der Waals surface area contributed by atoms with E-state index in [1.54, 1.807) is 41.9 Å². The Bertz CT molecular complexity index is 2290. The summed E-state index contributed by atoms with van der Waals surface area (Å²) in [6.07, 6.45) is 5.07. The van der Waals surface area contributed by atoms with Gasteiger partial charge in [0.05, 0.1) is 47.1 Å². The predicted octanol–water partition coefficient (Wildman–Crippen LogP) is 4.67. The van der Waals surface area contributed by atoms with E-state index in [1.165, 1.54) is 12.3 Å². The molecule has 59 heavy (non-hydrogen) atoms. The number of imide groups is 2. The van der Waals surface area contributed by atoms with E-state index in [0.717, 1.165) is 62.6 Å². The number of rotatable bonds is 11. The molecule has 3 saturated heterocycles. The molecule has 0 spiro atoms. The minimum atomic E-state index is -1.24. The number of piperidine rings is 2.